The first-order chi connectivity index (χ1) is 8.54. The summed E-state index contributed by atoms with van der Waals surface area (Å²) in [6, 6.07) is 0.969. The van der Waals surface area contributed by atoms with Crippen LogP contribution in [0.3, 0.4) is 0 Å². The summed E-state index contributed by atoms with van der Waals surface area (Å²) in [5.41, 5.74) is -1.01. The van der Waals surface area contributed by atoms with Crippen LogP contribution in [0.25, 0.3) is 0 Å². The van der Waals surface area contributed by atoms with Crippen molar-refractivity contribution < 1.29 is 27.8 Å². The summed E-state index contributed by atoms with van der Waals surface area (Å²) in [6.45, 7) is 4.11. The third-order valence-corrected chi connectivity index (χ3v) is 5.14. The zero-order chi connectivity index (χ0) is 15.0. The molecule has 108 valence electrons. The number of carboxylic acids is 1. The van der Waals surface area contributed by atoms with Crippen molar-refractivity contribution in [1.82, 2.24) is 4.31 Å². The highest BCUT2D eigenvalue weighted by molar-refractivity contribution is 7.89. The Bertz CT molecular complexity index is 586. The van der Waals surface area contributed by atoms with Crippen LogP contribution in [0.15, 0.2) is 15.4 Å². The molecule has 0 aliphatic rings. The Morgan fingerprint density at radius 2 is 2.00 bits per heavy atom. The zero-order valence-electron chi connectivity index (χ0n) is 11.2. The van der Waals surface area contributed by atoms with Crippen molar-refractivity contribution in [2.24, 2.45) is 0 Å². The molecule has 0 saturated heterocycles. The SMILES string of the molecule is Cc1oc(C(=O)O)cc1S(=O)(=O)N(C)C(C)(C)CO. The maximum absolute atomic E-state index is 12.4. The monoisotopic (exact) mass is 291 g/mol. The first kappa shape index (κ1) is 15.7. The Balaban J connectivity index is 3.32. The van der Waals surface area contributed by atoms with Crippen molar-refractivity contribution in [2.75, 3.05) is 13.7 Å². The van der Waals surface area contributed by atoms with Crippen LogP contribution in [0, 0.1) is 6.92 Å². The van der Waals surface area contributed by atoms with Crippen LogP contribution in [-0.2, 0) is 10.0 Å². The molecular weight excluding hydrogens is 274 g/mol. The molecule has 0 saturated carbocycles. The molecule has 0 amide bonds. The smallest absolute Gasteiger partial charge is 0.371 e. The molecule has 0 radical (unpaired) electrons. The number of furan rings is 1. The quantitative estimate of drug-likeness (QED) is 0.825. The van der Waals surface area contributed by atoms with Gasteiger partial charge >= 0.3 is 5.97 Å². The molecule has 0 atom stereocenters. The van der Waals surface area contributed by atoms with E-state index in [2.05, 4.69) is 0 Å². The van der Waals surface area contributed by atoms with Crippen LogP contribution >= 0.6 is 0 Å². The van der Waals surface area contributed by atoms with Crippen LogP contribution in [0.1, 0.15) is 30.2 Å². The van der Waals surface area contributed by atoms with E-state index in [1.54, 1.807) is 13.8 Å². The number of aliphatic hydroxyl groups is 1. The number of aryl methyl sites for hydroxylation is 1. The van der Waals surface area contributed by atoms with E-state index in [9.17, 15) is 18.3 Å². The van der Waals surface area contributed by atoms with Gasteiger partial charge in [0.25, 0.3) is 0 Å². The number of aromatic carboxylic acids is 1. The van der Waals surface area contributed by atoms with E-state index in [0.29, 0.717) is 0 Å². The second-order valence-electron chi connectivity index (χ2n) is 4.78. The van der Waals surface area contributed by atoms with Gasteiger partial charge in [-0.05, 0) is 20.8 Å². The van der Waals surface area contributed by atoms with Crippen LogP contribution in [0.5, 0.6) is 0 Å². The van der Waals surface area contributed by atoms with Crippen LogP contribution in [0.2, 0.25) is 0 Å². The van der Waals surface area contributed by atoms with Gasteiger partial charge < -0.3 is 14.6 Å². The first-order valence-electron chi connectivity index (χ1n) is 5.47. The molecule has 0 fully saturated rings. The number of aliphatic hydroxyl groups excluding tert-OH is 1. The van der Waals surface area contributed by atoms with Gasteiger partial charge in [-0.25, -0.2) is 13.2 Å². The van der Waals surface area contributed by atoms with E-state index in [-0.39, 0.29) is 17.3 Å². The summed E-state index contributed by atoms with van der Waals surface area (Å²) < 4.78 is 30.6. The van der Waals surface area contributed by atoms with E-state index >= 15 is 0 Å². The highest BCUT2D eigenvalue weighted by Gasteiger charge is 2.36. The van der Waals surface area contributed by atoms with Crippen LogP contribution in [-0.4, -0.2) is 48.1 Å². The number of likely N-dealkylation sites (N-methyl/N-ethyl adjacent to an activating group) is 1. The Kier molecular flexibility index (Phi) is 4.08. The average Bonchev–Trinajstić information content (AvgIpc) is 2.71. The molecule has 0 spiro atoms. The molecule has 8 heteroatoms. The topological polar surface area (TPSA) is 108 Å². The third-order valence-electron chi connectivity index (χ3n) is 2.96. The van der Waals surface area contributed by atoms with Gasteiger partial charge in [-0.3, -0.25) is 0 Å². The summed E-state index contributed by atoms with van der Waals surface area (Å²) in [7, 11) is -2.62. The van der Waals surface area contributed by atoms with Gasteiger partial charge in [0, 0.05) is 13.1 Å². The van der Waals surface area contributed by atoms with Gasteiger partial charge in [0.05, 0.1) is 12.1 Å². The molecule has 1 aromatic rings. The molecule has 1 heterocycles. The number of carbonyl (C=O) groups is 1. The van der Waals surface area contributed by atoms with Gasteiger partial charge in [-0.15, -0.1) is 0 Å². The van der Waals surface area contributed by atoms with Gasteiger partial charge in [0.2, 0.25) is 15.8 Å². The van der Waals surface area contributed by atoms with Gasteiger partial charge in [0.15, 0.2) is 0 Å². The number of hydrogen-bond donors (Lipinski definition) is 2. The number of nitrogens with zero attached hydrogens (tertiary/aromatic N) is 1. The molecule has 2 N–H and O–H groups in total. The van der Waals surface area contributed by atoms with Crippen molar-refractivity contribution in [3.63, 3.8) is 0 Å². The lowest BCUT2D eigenvalue weighted by molar-refractivity contribution is 0.0661. The van der Waals surface area contributed by atoms with Gasteiger partial charge in [-0.1, -0.05) is 0 Å². The minimum atomic E-state index is -3.94. The second kappa shape index (κ2) is 4.95. The largest absolute Gasteiger partial charge is 0.475 e. The lowest BCUT2D eigenvalue weighted by Crippen LogP contribution is -2.47. The van der Waals surface area contributed by atoms with E-state index in [0.717, 1.165) is 10.4 Å². The fourth-order valence-corrected chi connectivity index (χ4v) is 3.06. The molecule has 0 unspecified atom stereocenters. The molecule has 0 aliphatic carbocycles. The lowest BCUT2D eigenvalue weighted by Gasteiger charge is -2.32. The molecule has 0 aliphatic heterocycles. The van der Waals surface area contributed by atoms with Gasteiger partial charge in [0.1, 0.15) is 10.7 Å². The molecule has 7 nitrogen and oxygen atoms in total. The van der Waals surface area contributed by atoms with Crippen LogP contribution in [0.4, 0.5) is 0 Å². The molecule has 0 aromatic carbocycles. The summed E-state index contributed by atoms with van der Waals surface area (Å²) >= 11 is 0. The fourth-order valence-electron chi connectivity index (χ4n) is 1.40. The predicted octanol–water partition coefficient (Wildman–Crippen LogP) is 0.678. The fraction of sp³-hybridized carbons (Fsp3) is 0.545. The third kappa shape index (κ3) is 2.80. The molecule has 1 rings (SSSR count). The first-order valence-corrected chi connectivity index (χ1v) is 6.91. The van der Waals surface area contributed by atoms with Crippen molar-refractivity contribution in [1.29, 1.82) is 0 Å². The summed E-state index contributed by atoms with van der Waals surface area (Å²) in [5, 5.41) is 18.0. The van der Waals surface area contributed by atoms with Crippen molar-refractivity contribution in [3.05, 3.63) is 17.6 Å². The number of hydrogen-bond acceptors (Lipinski definition) is 5. The second-order valence-corrected chi connectivity index (χ2v) is 6.72. The Labute approximate surface area is 111 Å². The van der Waals surface area contributed by atoms with Crippen molar-refractivity contribution >= 4 is 16.0 Å². The Morgan fingerprint density at radius 3 is 2.37 bits per heavy atom. The molecular formula is C11H17NO6S. The number of carboxylic acid groups (broad SMARTS) is 1. The van der Waals surface area contributed by atoms with E-state index in [1.165, 1.54) is 14.0 Å². The lowest BCUT2D eigenvalue weighted by atomic mass is 10.1. The minimum absolute atomic E-state index is 0.00186. The summed E-state index contributed by atoms with van der Waals surface area (Å²) in [5.74, 6) is -1.78. The zero-order valence-corrected chi connectivity index (χ0v) is 12.0. The summed E-state index contributed by atoms with van der Waals surface area (Å²) in [4.78, 5) is 10.6. The number of rotatable bonds is 5. The number of sulfonamides is 1. The standard InChI is InChI=1S/C11H17NO6S/c1-7-9(5-8(18-7)10(14)15)19(16,17)12(4)11(2,3)6-13/h5,13H,6H2,1-4H3,(H,14,15). The summed E-state index contributed by atoms with van der Waals surface area (Å²) in [6.07, 6.45) is 0. The normalized spacial score (nSPS) is 12.9. The van der Waals surface area contributed by atoms with Crippen molar-refractivity contribution in [2.45, 2.75) is 31.2 Å². The maximum atomic E-state index is 12.4. The predicted molar refractivity (Wildman–Crippen MR) is 66.5 cm³/mol. The van der Waals surface area contributed by atoms with Crippen molar-refractivity contribution in [3.8, 4) is 0 Å². The average molecular weight is 291 g/mol. The highest BCUT2D eigenvalue weighted by atomic mass is 32.2. The van der Waals surface area contributed by atoms with Crippen LogP contribution < -0.4 is 0 Å². The van der Waals surface area contributed by atoms with E-state index in [1.807, 2.05) is 0 Å². The Hall–Kier alpha value is -1.38. The highest BCUT2D eigenvalue weighted by Crippen LogP contribution is 2.27. The minimum Gasteiger partial charge on any atom is -0.475 e. The van der Waals surface area contributed by atoms with E-state index in [4.69, 9.17) is 9.52 Å². The molecule has 0 bridgehead atoms. The Morgan fingerprint density at radius 1 is 1.47 bits per heavy atom. The van der Waals surface area contributed by atoms with E-state index < -0.39 is 27.3 Å². The maximum Gasteiger partial charge on any atom is 0.371 e. The van der Waals surface area contributed by atoms with Gasteiger partial charge in [-0.2, -0.15) is 4.31 Å². The molecule has 1 aromatic heterocycles. The molecule has 19 heavy (non-hydrogen) atoms.